The number of nitrogens with two attached hydrogens (primary N) is 1. The van der Waals surface area contributed by atoms with Gasteiger partial charge in [0.15, 0.2) is 0 Å². The highest BCUT2D eigenvalue weighted by Gasteiger charge is 2.05. The second kappa shape index (κ2) is 3.01. The average molecular weight is 164 g/mol. The summed E-state index contributed by atoms with van der Waals surface area (Å²) >= 11 is 0. The summed E-state index contributed by atoms with van der Waals surface area (Å²) in [6.45, 7) is 0. The number of hydrogen-bond acceptors (Lipinski definition) is 2. The van der Waals surface area contributed by atoms with Crippen molar-refractivity contribution in [3.63, 3.8) is 0 Å². The molecule has 0 atom stereocenters. The predicted molar refractivity (Wildman–Crippen MR) is 39.6 cm³/mol. The van der Waals surface area contributed by atoms with Gasteiger partial charge in [0.2, 0.25) is 5.91 Å². The van der Waals surface area contributed by atoms with Gasteiger partial charge in [-0.05, 0) is 18.2 Å². The van der Waals surface area contributed by atoms with Gasteiger partial charge in [0.05, 0.1) is 5.56 Å². The Morgan fingerprint density at radius 1 is 1.58 bits per heavy atom. The maximum atomic E-state index is 12.8. The number of amides is 1. The smallest absolute Gasteiger partial charge is 0.248 e. The van der Waals surface area contributed by atoms with E-state index in [9.17, 15) is 9.18 Å². The van der Waals surface area contributed by atoms with E-state index in [1.165, 1.54) is 12.1 Å². The molecule has 1 aromatic rings. The third kappa shape index (κ3) is 1.40. The predicted octanol–water partition coefficient (Wildman–Crippen LogP) is 0.796. The third-order valence-electron chi connectivity index (χ3n) is 1.37. The number of nitrogens with zero attached hydrogens (tertiary/aromatic N) is 1. The van der Waals surface area contributed by atoms with Crippen LogP contribution in [0.4, 0.5) is 4.39 Å². The summed E-state index contributed by atoms with van der Waals surface area (Å²) in [5.41, 5.74) is 4.85. The maximum Gasteiger partial charge on any atom is 0.248 e. The average Bonchev–Trinajstić information content (AvgIpc) is 2.04. The molecule has 0 aliphatic carbocycles. The van der Waals surface area contributed by atoms with Crippen molar-refractivity contribution in [2.24, 2.45) is 5.73 Å². The Labute approximate surface area is 68.2 Å². The van der Waals surface area contributed by atoms with Crippen molar-refractivity contribution in [1.82, 2.24) is 0 Å². The lowest BCUT2D eigenvalue weighted by Crippen LogP contribution is -2.11. The first-order valence-electron chi connectivity index (χ1n) is 3.14. The monoisotopic (exact) mass is 164 g/mol. The highest BCUT2D eigenvalue weighted by Crippen LogP contribution is 2.08. The minimum atomic E-state index is -0.728. The molecule has 0 aliphatic rings. The van der Waals surface area contributed by atoms with Gasteiger partial charge in [-0.25, -0.2) is 4.39 Å². The third-order valence-corrected chi connectivity index (χ3v) is 1.37. The van der Waals surface area contributed by atoms with Crippen LogP contribution in [0.2, 0.25) is 0 Å². The molecule has 0 heterocycles. The van der Waals surface area contributed by atoms with E-state index in [2.05, 4.69) is 0 Å². The van der Waals surface area contributed by atoms with Gasteiger partial charge in [-0.1, -0.05) is 0 Å². The van der Waals surface area contributed by atoms with Crippen LogP contribution >= 0.6 is 0 Å². The molecule has 2 N–H and O–H groups in total. The molecular formula is C8H5FN2O. The Bertz CT molecular complexity index is 368. The minimum absolute atomic E-state index is 0.0616. The van der Waals surface area contributed by atoms with E-state index in [4.69, 9.17) is 11.0 Å². The number of rotatable bonds is 1. The summed E-state index contributed by atoms with van der Waals surface area (Å²) in [7, 11) is 0. The number of halogens is 1. The SMILES string of the molecule is N#Cc1ccc(C(N)=O)cc1F. The molecule has 1 amide bonds. The van der Waals surface area contributed by atoms with E-state index in [0.717, 1.165) is 6.07 Å². The van der Waals surface area contributed by atoms with Crippen LogP contribution in [0.1, 0.15) is 15.9 Å². The topological polar surface area (TPSA) is 66.9 Å². The molecule has 0 aromatic heterocycles. The highest BCUT2D eigenvalue weighted by molar-refractivity contribution is 5.92. The Hall–Kier alpha value is -1.89. The summed E-state index contributed by atoms with van der Waals surface area (Å²) in [6, 6.07) is 5.11. The van der Waals surface area contributed by atoms with Crippen LogP contribution in [-0.2, 0) is 0 Å². The van der Waals surface area contributed by atoms with E-state index >= 15 is 0 Å². The first-order chi connectivity index (χ1) is 5.65. The molecule has 4 heteroatoms. The van der Waals surface area contributed by atoms with Gasteiger partial charge in [-0.2, -0.15) is 5.26 Å². The first kappa shape index (κ1) is 8.21. The van der Waals surface area contributed by atoms with Crippen molar-refractivity contribution in [3.8, 4) is 6.07 Å². The largest absolute Gasteiger partial charge is 0.366 e. The quantitative estimate of drug-likeness (QED) is 0.666. The molecule has 0 saturated heterocycles. The lowest BCUT2D eigenvalue weighted by molar-refractivity contribution is 0.1000. The van der Waals surface area contributed by atoms with Crippen LogP contribution < -0.4 is 5.73 Å². The molecule has 0 unspecified atom stereocenters. The van der Waals surface area contributed by atoms with E-state index in [1.807, 2.05) is 0 Å². The van der Waals surface area contributed by atoms with Crippen LogP contribution in [0.25, 0.3) is 0 Å². The second-order valence-electron chi connectivity index (χ2n) is 2.17. The highest BCUT2D eigenvalue weighted by atomic mass is 19.1. The Morgan fingerprint density at radius 2 is 2.25 bits per heavy atom. The molecule has 1 rings (SSSR count). The van der Waals surface area contributed by atoms with Crippen molar-refractivity contribution in [2.45, 2.75) is 0 Å². The van der Waals surface area contributed by atoms with E-state index in [1.54, 1.807) is 6.07 Å². The summed E-state index contributed by atoms with van der Waals surface area (Å²) in [5.74, 6) is -1.44. The lowest BCUT2D eigenvalue weighted by atomic mass is 10.1. The number of hydrogen-bond donors (Lipinski definition) is 1. The second-order valence-corrected chi connectivity index (χ2v) is 2.17. The van der Waals surface area contributed by atoms with Crippen LogP contribution in [0.3, 0.4) is 0 Å². The van der Waals surface area contributed by atoms with Crippen molar-refractivity contribution < 1.29 is 9.18 Å². The zero-order valence-corrected chi connectivity index (χ0v) is 6.04. The fourth-order valence-corrected chi connectivity index (χ4v) is 0.759. The Balaban J connectivity index is 3.21. The molecule has 0 saturated carbocycles. The van der Waals surface area contributed by atoms with E-state index in [0.29, 0.717) is 0 Å². The van der Waals surface area contributed by atoms with Gasteiger partial charge in [-0.3, -0.25) is 4.79 Å². The van der Waals surface area contributed by atoms with Crippen molar-refractivity contribution in [2.75, 3.05) is 0 Å². The minimum Gasteiger partial charge on any atom is -0.366 e. The number of primary amides is 1. The molecular weight excluding hydrogens is 159 g/mol. The number of carbonyl (C=O) groups excluding carboxylic acids is 1. The normalized spacial score (nSPS) is 9.00. The summed E-state index contributed by atoms with van der Waals surface area (Å²) in [6.07, 6.45) is 0. The standard InChI is InChI=1S/C8H5FN2O/c9-7-3-5(8(11)12)1-2-6(7)4-10/h1-3H,(H2,11,12). The van der Waals surface area contributed by atoms with Crippen LogP contribution in [0.15, 0.2) is 18.2 Å². The molecule has 0 spiro atoms. The van der Waals surface area contributed by atoms with Crippen LogP contribution in [-0.4, -0.2) is 5.91 Å². The van der Waals surface area contributed by atoms with Gasteiger partial charge >= 0.3 is 0 Å². The molecule has 0 bridgehead atoms. The van der Waals surface area contributed by atoms with Crippen molar-refractivity contribution in [1.29, 1.82) is 5.26 Å². The van der Waals surface area contributed by atoms with Crippen molar-refractivity contribution in [3.05, 3.63) is 35.1 Å². The maximum absolute atomic E-state index is 12.8. The molecule has 0 aliphatic heterocycles. The van der Waals surface area contributed by atoms with Crippen molar-refractivity contribution >= 4 is 5.91 Å². The molecule has 1 aromatic carbocycles. The summed E-state index contributed by atoms with van der Waals surface area (Å²) < 4.78 is 12.8. The fourth-order valence-electron chi connectivity index (χ4n) is 0.759. The van der Waals surface area contributed by atoms with Gasteiger partial charge in [0, 0.05) is 5.56 Å². The molecule has 0 radical (unpaired) electrons. The molecule has 12 heavy (non-hydrogen) atoms. The Morgan fingerprint density at radius 3 is 2.67 bits per heavy atom. The van der Waals surface area contributed by atoms with E-state index < -0.39 is 11.7 Å². The molecule has 0 fully saturated rings. The van der Waals surface area contributed by atoms with E-state index in [-0.39, 0.29) is 11.1 Å². The summed E-state index contributed by atoms with van der Waals surface area (Å²) in [4.78, 5) is 10.5. The van der Waals surface area contributed by atoms with Crippen LogP contribution in [0.5, 0.6) is 0 Å². The number of carbonyl (C=O) groups is 1. The van der Waals surface area contributed by atoms with Gasteiger partial charge in [0.25, 0.3) is 0 Å². The van der Waals surface area contributed by atoms with Gasteiger partial charge in [-0.15, -0.1) is 0 Å². The zero-order chi connectivity index (χ0) is 9.14. The van der Waals surface area contributed by atoms with Crippen LogP contribution in [0, 0.1) is 17.1 Å². The fraction of sp³-hybridized carbons (Fsp3) is 0. The molecule has 3 nitrogen and oxygen atoms in total. The summed E-state index contributed by atoms with van der Waals surface area (Å²) in [5, 5.41) is 8.34. The first-order valence-corrected chi connectivity index (χ1v) is 3.14. The zero-order valence-electron chi connectivity index (χ0n) is 6.04. The Kier molecular flexibility index (Phi) is 2.06. The number of benzene rings is 1. The lowest BCUT2D eigenvalue weighted by Gasteiger charge is -1.95. The number of nitriles is 1. The van der Waals surface area contributed by atoms with Gasteiger partial charge < -0.3 is 5.73 Å². The van der Waals surface area contributed by atoms with Gasteiger partial charge in [0.1, 0.15) is 11.9 Å². The molecule has 60 valence electrons.